The predicted molar refractivity (Wildman–Crippen MR) is 99.5 cm³/mol. The second kappa shape index (κ2) is 9.15. The van der Waals surface area contributed by atoms with E-state index >= 15 is 0 Å². The molecule has 0 aromatic rings. The minimum atomic E-state index is -0.327. The van der Waals surface area contributed by atoms with Crippen molar-refractivity contribution in [1.29, 1.82) is 0 Å². The summed E-state index contributed by atoms with van der Waals surface area (Å²) in [7, 11) is 0. The minimum absolute atomic E-state index is 0.0247. The second-order valence-electron chi connectivity index (χ2n) is 8.19. The molecule has 7 heteroatoms. The van der Waals surface area contributed by atoms with E-state index in [1.54, 1.807) is 0 Å². The smallest absolute Gasteiger partial charge is 0.251 e. The Morgan fingerprint density at radius 1 is 1.04 bits per heavy atom. The molecular formula is C19H34N4O3. The molecule has 3 fully saturated rings. The summed E-state index contributed by atoms with van der Waals surface area (Å²) in [6.07, 6.45) is 5.95. The van der Waals surface area contributed by atoms with Crippen LogP contribution >= 0.6 is 0 Å². The van der Waals surface area contributed by atoms with Crippen LogP contribution in [-0.2, 0) is 14.3 Å². The van der Waals surface area contributed by atoms with Crippen molar-refractivity contribution in [2.75, 3.05) is 39.3 Å². The second-order valence-corrected chi connectivity index (χ2v) is 8.19. The van der Waals surface area contributed by atoms with Crippen molar-refractivity contribution >= 4 is 11.8 Å². The molecule has 26 heavy (non-hydrogen) atoms. The first-order valence-corrected chi connectivity index (χ1v) is 10.2. The van der Waals surface area contributed by atoms with Crippen molar-refractivity contribution in [1.82, 2.24) is 15.1 Å². The lowest BCUT2D eigenvalue weighted by atomic mass is 9.87. The van der Waals surface area contributed by atoms with Crippen LogP contribution in [-0.4, -0.2) is 79.1 Å². The van der Waals surface area contributed by atoms with E-state index in [0.29, 0.717) is 32.2 Å². The Morgan fingerprint density at radius 2 is 1.73 bits per heavy atom. The van der Waals surface area contributed by atoms with E-state index < -0.39 is 0 Å². The average molecular weight is 367 g/mol. The number of piperazine rings is 1. The SMILES string of the molecule is CC1CCC(NC(=O)CN2CCN(C(=O)[C@@H]3CC[C@H](CN)O3)CC2)CC1. The van der Waals surface area contributed by atoms with Crippen LogP contribution in [0.5, 0.6) is 0 Å². The van der Waals surface area contributed by atoms with Crippen LogP contribution in [0.1, 0.15) is 45.4 Å². The fourth-order valence-electron chi connectivity index (χ4n) is 4.27. The van der Waals surface area contributed by atoms with Gasteiger partial charge in [0.2, 0.25) is 5.91 Å². The zero-order valence-corrected chi connectivity index (χ0v) is 16.0. The number of hydrogen-bond donors (Lipinski definition) is 2. The van der Waals surface area contributed by atoms with E-state index in [9.17, 15) is 9.59 Å². The van der Waals surface area contributed by atoms with E-state index in [0.717, 1.165) is 44.7 Å². The zero-order valence-electron chi connectivity index (χ0n) is 16.0. The van der Waals surface area contributed by atoms with E-state index in [-0.39, 0.29) is 24.0 Å². The van der Waals surface area contributed by atoms with Gasteiger partial charge in [-0.2, -0.15) is 0 Å². The Morgan fingerprint density at radius 3 is 2.35 bits per heavy atom. The highest BCUT2D eigenvalue weighted by molar-refractivity contribution is 5.81. The maximum Gasteiger partial charge on any atom is 0.251 e. The van der Waals surface area contributed by atoms with E-state index in [1.807, 2.05) is 4.90 Å². The van der Waals surface area contributed by atoms with Crippen molar-refractivity contribution in [2.24, 2.45) is 11.7 Å². The number of hydrogen-bond acceptors (Lipinski definition) is 5. The molecule has 1 saturated carbocycles. The molecule has 2 amide bonds. The topological polar surface area (TPSA) is 87.9 Å². The summed E-state index contributed by atoms with van der Waals surface area (Å²) in [6, 6.07) is 0.344. The molecule has 3 aliphatic rings. The number of carbonyl (C=O) groups is 2. The number of ether oxygens (including phenoxy) is 1. The van der Waals surface area contributed by atoms with Crippen LogP contribution < -0.4 is 11.1 Å². The third-order valence-corrected chi connectivity index (χ3v) is 6.08. The first-order valence-electron chi connectivity index (χ1n) is 10.2. The molecule has 3 N–H and O–H groups in total. The monoisotopic (exact) mass is 366 g/mol. The summed E-state index contributed by atoms with van der Waals surface area (Å²) in [6.45, 7) is 6.02. The first kappa shape index (κ1) is 19.6. The maximum absolute atomic E-state index is 12.5. The van der Waals surface area contributed by atoms with Gasteiger partial charge in [0.1, 0.15) is 6.10 Å². The van der Waals surface area contributed by atoms with Gasteiger partial charge < -0.3 is 20.7 Å². The molecule has 3 rings (SSSR count). The lowest BCUT2D eigenvalue weighted by Crippen LogP contribution is -2.53. The van der Waals surface area contributed by atoms with Crippen molar-refractivity contribution in [3.8, 4) is 0 Å². The molecule has 0 bridgehead atoms. The summed E-state index contributed by atoms with van der Waals surface area (Å²) in [4.78, 5) is 28.8. The number of rotatable bonds is 5. The molecule has 7 nitrogen and oxygen atoms in total. The summed E-state index contributed by atoms with van der Waals surface area (Å²) < 4.78 is 5.72. The minimum Gasteiger partial charge on any atom is -0.364 e. The summed E-state index contributed by atoms with van der Waals surface area (Å²) in [5.74, 6) is 0.994. The van der Waals surface area contributed by atoms with Gasteiger partial charge in [-0.15, -0.1) is 0 Å². The van der Waals surface area contributed by atoms with Gasteiger partial charge in [-0.05, 0) is 44.4 Å². The van der Waals surface area contributed by atoms with Gasteiger partial charge in [-0.25, -0.2) is 0 Å². The molecule has 2 heterocycles. The zero-order chi connectivity index (χ0) is 18.5. The average Bonchev–Trinajstić information content (AvgIpc) is 3.13. The highest BCUT2D eigenvalue weighted by atomic mass is 16.5. The third-order valence-electron chi connectivity index (χ3n) is 6.08. The van der Waals surface area contributed by atoms with Crippen LogP contribution in [0, 0.1) is 5.92 Å². The largest absolute Gasteiger partial charge is 0.364 e. The van der Waals surface area contributed by atoms with E-state index in [1.165, 1.54) is 12.8 Å². The van der Waals surface area contributed by atoms with Gasteiger partial charge in [-0.1, -0.05) is 6.92 Å². The number of nitrogens with zero attached hydrogens (tertiary/aromatic N) is 2. The molecule has 0 radical (unpaired) electrons. The Balaban J connectivity index is 1.35. The third kappa shape index (κ3) is 5.18. The summed E-state index contributed by atoms with van der Waals surface area (Å²) >= 11 is 0. The Bertz CT molecular complexity index is 485. The highest BCUT2D eigenvalue weighted by Crippen LogP contribution is 2.23. The van der Waals surface area contributed by atoms with Crippen molar-refractivity contribution < 1.29 is 14.3 Å². The van der Waals surface area contributed by atoms with Gasteiger partial charge >= 0.3 is 0 Å². The van der Waals surface area contributed by atoms with Crippen LogP contribution in [0.15, 0.2) is 0 Å². The quantitative estimate of drug-likeness (QED) is 0.732. The fourth-order valence-corrected chi connectivity index (χ4v) is 4.27. The molecule has 2 saturated heterocycles. The van der Waals surface area contributed by atoms with E-state index in [4.69, 9.17) is 10.5 Å². The number of amides is 2. The Kier molecular flexibility index (Phi) is 6.89. The molecular weight excluding hydrogens is 332 g/mol. The molecule has 1 aliphatic carbocycles. The number of nitrogens with two attached hydrogens (primary N) is 1. The highest BCUT2D eigenvalue weighted by Gasteiger charge is 2.34. The lowest BCUT2D eigenvalue weighted by Gasteiger charge is -2.36. The Labute approximate surface area is 156 Å². The predicted octanol–water partition coefficient (Wildman–Crippen LogP) is 0.332. The molecule has 0 aromatic heterocycles. The molecule has 148 valence electrons. The van der Waals surface area contributed by atoms with Crippen LogP contribution in [0.3, 0.4) is 0 Å². The van der Waals surface area contributed by atoms with Crippen LogP contribution in [0.25, 0.3) is 0 Å². The van der Waals surface area contributed by atoms with Crippen molar-refractivity contribution in [2.45, 2.75) is 63.7 Å². The number of carbonyl (C=O) groups excluding carboxylic acids is 2. The molecule has 2 aliphatic heterocycles. The van der Waals surface area contributed by atoms with Gasteiger partial charge in [0, 0.05) is 38.8 Å². The Hall–Kier alpha value is -1.18. The van der Waals surface area contributed by atoms with Crippen molar-refractivity contribution in [3.05, 3.63) is 0 Å². The standard InChI is InChI=1S/C19H34N4O3/c1-14-2-4-15(5-3-14)21-18(24)13-22-8-10-23(11-9-22)19(25)17-7-6-16(12-20)26-17/h14-17H,2-13,20H2,1H3,(H,21,24)/t14?,15?,16-,17+/m1/s1. The fraction of sp³-hybridized carbons (Fsp3) is 0.895. The molecule has 0 unspecified atom stereocenters. The van der Waals surface area contributed by atoms with Gasteiger partial charge in [0.15, 0.2) is 0 Å². The number of nitrogens with one attached hydrogen (secondary N) is 1. The summed E-state index contributed by atoms with van der Waals surface area (Å²) in [5.41, 5.74) is 5.62. The van der Waals surface area contributed by atoms with Crippen LogP contribution in [0.2, 0.25) is 0 Å². The van der Waals surface area contributed by atoms with Crippen molar-refractivity contribution in [3.63, 3.8) is 0 Å². The molecule has 0 spiro atoms. The lowest BCUT2D eigenvalue weighted by molar-refractivity contribution is -0.144. The first-order chi connectivity index (χ1) is 12.5. The maximum atomic E-state index is 12.5. The molecule has 0 aromatic carbocycles. The van der Waals surface area contributed by atoms with Gasteiger partial charge in [0.25, 0.3) is 5.91 Å². The van der Waals surface area contributed by atoms with Gasteiger partial charge in [0.05, 0.1) is 12.6 Å². The van der Waals surface area contributed by atoms with Crippen LogP contribution in [0.4, 0.5) is 0 Å². The summed E-state index contributed by atoms with van der Waals surface area (Å²) in [5, 5.41) is 3.18. The van der Waals surface area contributed by atoms with E-state index in [2.05, 4.69) is 17.1 Å². The van der Waals surface area contributed by atoms with Gasteiger partial charge in [-0.3, -0.25) is 14.5 Å². The normalized spacial score (nSPS) is 33.2. The molecule has 2 atom stereocenters.